The largest absolute Gasteiger partial charge is 0.494 e. The number of nitrogens with one attached hydrogen (secondary N) is 1. The maximum Gasteiger partial charge on any atom is 0.230 e. The van der Waals surface area contributed by atoms with Gasteiger partial charge in [0.15, 0.2) is 18.9 Å². The molecule has 1 N–H and O–H groups in total. The lowest BCUT2D eigenvalue weighted by Gasteiger charge is -2.08. The number of benzene rings is 1. The van der Waals surface area contributed by atoms with E-state index in [-0.39, 0.29) is 5.91 Å². The Balaban J connectivity index is 1.70. The molecule has 1 heterocycles. The SMILES string of the molecule is CCCCCCOc1ccc(NC(=O)CC[n+]2ccc(C)cc2)cc1. The van der Waals surface area contributed by atoms with Gasteiger partial charge in [-0.25, -0.2) is 4.57 Å². The van der Waals surface area contributed by atoms with Gasteiger partial charge in [0.1, 0.15) is 5.75 Å². The highest BCUT2D eigenvalue weighted by molar-refractivity contribution is 5.90. The second-order valence-electron chi connectivity index (χ2n) is 6.34. The predicted octanol–water partition coefficient (Wildman–Crippen LogP) is 4.27. The zero-order valence-corrected chi connectivity index (χ0v) is 15.3. The molecule has 0 aliphatic carbocycles. The minimum Gasteiger partial charge on any atom is -0.494 e. The Morgan fingerprint density at radius 2 is 1.76 bits per heavy atom. The minimum atomic E-state index is 0.0151. The number of carbonyl (C=O) groups excluding carboxylic acids is 1. The highest BCUT2D eigenvalue weighted by Crippen LogP contribution is 2.16. The van der Waals surface area contributed by atoms with Gasteiger partial charge in [-0.2, -0.15) is 0 Å². The van der Waals surface area contributed by atoms with Gasteiger partial charge < -0.3 is 10.1 Å². The monoisotopic (exact) mass is 341 g/mol. The van der Waals surface area contributed by atoms with Gasteiger partial charge in [-0.05, 0) is 43.2 Å². The van der Waals surface area contributed by atoms with Crippen LogP contribution in [-0.2, 0) is 11.3 Å². The summed E-state index contributed by atoms with van der Waals surface area (Å²) < 4.78 is 7.73. The molecule has 25 heavy (non-hydrogen) atoms. The molecule has 1 aromatic heterocycles. The number of unbranched alkanes of at least 4 members (excludes halogenated alkanes) is 3. The van der Waals surface area contributed by atoms with Crippen LogP contribution < -0.4 is 14.6 Å². The first kappa shape index (κ1) is 19.0. The maximum absolute atomic E-state index is 12.1. The van der Waals surface area contributed by atoms with Crippen LogP contribution in [0.4, 0.5) is 5.69 Å². The van der Waals surface area contributed by atoms with Crippen molar-refractivity contribution in [3.05, 3.63) is 54.4 Å². The molecule has 0 saturated carbocycles. The summed E-state index contributed by atoms with van der Waals surface area (Å²) in [7, 11) is 0. The van der Waals surface area contributed by atoms with Crippen molar-refractivity contribution in [3.8, 4) is 5.75 Å². The Bertz CT molecular complexity index is 636. The second kappa shape index (κ2) is 10.5. The van der Waals surface area contributed by atoms with Gasteiger partial charge in [0.25, 0.3) is 0 Å². The molecule has 134 valence electrons. The van der Waals surface area contributed by atoms with Crippen LogP contribution in [0, 0.1) is 6.92 Å². The molecule has 2 aromatic rings. The summed E-state index contributed by atoms with van der Waals surface area (Å²) in [4.78, 5) is 12.1. The van der Waals surface area contributed by atoms with E-state index in [1.165, 1.54) is 24.8 Å². The lowest BCUT2D eigenvalue weighted by atomic mass is 10.2. The van der Waals surface area contributed by atoms with E-state index in [4.69, 9.17) is 4.74 Å². The summed E-state index contributed by atoms with van der Waals surface area (Å²) in [6.07, 6.45) is 9.23. The first-order valence-corrected chi connectivity index (χ1v) is 9.16. The predicted molar refractivity (Wildman–Crippen MR) is 101 cm³/mol. The number of anilines is 1. The van der Waals surface area contributed by atoms with E-state index in [0.717, 1.165) is 24.5 Å². The van der Waals surface area contributed by atoms with Crippen molar-refractivity contribution in [1.82, 2.24) is 0 Å². The lowest BCUT2D eigenvalue weighted by Crippen LogP contribution is -2.34. The van der Waals surface area contributed by atoms with E-state index in [1.54, 1.807) is 0 Å². The quantitative estimate of drug-likeness (QED) is 0.518. The smallest absolute Gasteiger partial charge is 0.230 e. The molecule has 0 fully saturated rings. The fourth-order valence-electron chi connectivity index (χ4n) is 2.49. The summed E-state index contributed by atoms with van der Waals surface area (Å²) >= 11 is 0. The summed E-state index contributed by atoms with van der Waals surface area (Å²) in [6.45, 7) is 5.67. The van der Waals surface area contributed by atoms with Crippen molar-refractivity contribution < 1.29 is 14.1 Å². The molecular formula is C21H29N2O2+. The summed E-state index contributed by atoms with van der Waals surface area (Å²) in [5.74, 6) is 0.867. The van der Waals surface area contributed by atoms with Crippen LogP contribution in [0.5, 0.6) is 5.75 Å². The molecule has 0 aliphatic heterocycles. The second-order valence-corrected chi connectivity index (χ2v) is 6.34. The van der Waals surface area contributed by atoms with Gasteiger partial charge in [-0.1, -0.05) is 26.2 Å². The summed E-state index contributed by atoms with van der Waals surface area (Å²) in [5.41, 5.74) is 2.02. The number of ether oxygens (including phenoxy) is 1. The Kier molecular flexibility index (Phi) is 7.96. The fourth-order valence-corrected chi connectivity index (χ4v) is 2.49. The molecule has 0 spiro atoms. The first-order chi connectivity index (χ1) is 12.2. The van der Waals surface area contributed by atoms with Gasteiger partial charge in [0.2, 0.25) is 5.91 Å². The van der Waals surface area contributed by atoms with Crippen molar-refractivity contribution >= 4 is 11.6 Å². The van der Waals surface area contributed by atoms with Crippen LogP contribution in [0.2, 0.25) is 0 Å². The Hall–Kier alpha value is -2.36. The highest BCUT2D eigenvalue weighted by Gasteiger charge is 2.07. The van der Waals surface area contributed by atoms with Gasteiger partial charge in [-0.15, -0.1) is 0 Å². The molecule has 1 amide bonds. The third kappa shape index (κ3) is 7.38. The van der Waals surface area contributed by atoms with E-state index in [1.807, 2.05) is 53.4 Å². The van der Waals surface area contributed by atoms with Gasteiger partial charge >= 0.3 is 0 Å². The Morgan fingerprint density at radius 1 is 1.04 bits per heavy atom. The molecule has 4 nitrogen and oxygen atoms in total. The minimum absolute atomic E-state index is 0.0151. The van der Waals surface area contributed by atoms with Crippen LogP contribution in [0.15, 0.2) is 48.8 Å². The van der Waals surface area contributed by atoms with E-state index < -0.39 is 0 Å². The number of nitrogens with zero attached hydrogens (tertiary/aromatic N) is 1. The number of amides is 1. The molecule has 0 aliphatic rings. The zero-order valence-electron chi connectivity index (χ0n) is 15.3. The molecule has 0 atom stereocenters. The van der Waals surface area contributed by atoms with Crippen LogP contribution in [0.1, 0.15) is 44.6 Å². The molecule has 0 bridgehead atoms. The molecule has 0 saturated heterocycles. The van der Waals surface area contributed by atoms with Crippen LogP contribution in [0.3, 0.4) is 0 Å². The number of aromatic nitrogens is 1. The van der Waals surface area contributed by atoms with Crippen molar-refractivity contribution in [2.45, 2.75) is 52.5 Å². The lowest BCUT2D eigenvalue weighted by molar-refractivity contribution is -0.695. The number of hydrogen-bond acceptors (Lipinski definition) is 2. The average molecular weight is 341 g/mol. The highest BCUT2D eigenvalue weighted by atomic mass is 16.5. The fraction of sp³-hybridized carbons (Fsp3) is 0.429. The van der Waals surface area contributed by atoms with Crippen LogP contribution in [0.25, 0.3) is 0 Å². The molecule has 0 unspecified atom stereocenters. The Labute approximate surface area is 150 Å². The van der Waals surface area contributed by atoms with Crippen LogP contribution in [-0.4, -0.2) is 12.5 Å². The van der Waals surface area contributed by atoms with Crippen molar-refractivity contribution in [3.63, 3.8) is 0 Å². The van der Waals surface area contributed by atoms with Crippen molar-refractivity contribution in [1.29, 1.82) is 0 Å². The third-order valence-corrected chi connectivity index (χ3v) is 4.06. The maximum atomic E-state index is 12.1. The van der Waals surface area contributed by atoms with Gasteiger partial charge in [0, 0.05) is 17.8 Å². The summed E-state index contributed by atoms with van der Waals surface area (Å²) in [5, 5.41) is 2.93. The standard InChI is InChI=1S/C21H28N2O2/c1-3-4-5-6-17-25-20-9-7-19(8-10-20)22-21(24)13-16-23-14-11-18(2)12-15-23/h7-12,14-15H,3-6,13,16-17H2,1-2H3/p+1. The van der Waals surface area contributed by atoms with Gasteiger partial charge in [0.05, 0.1) is 13.0 Å². The van der Waals surface area contributed by atoms with Crippen molar-refractivity contribution in [2.24, 2.45) is 0 Å². The van der Waals surface area contributed by atoms with Crippen LogP contribution >= 0.6 is 0 Å². The number of rotatable bonds is 10. The van der Waals surface area contributed by atoms with E-state index in [0.29, 0.717) is 13.0 Å². The van der Waals surface area contributed by atoms with Crippen molar-refractivity contribution in [2.75, 3.05) is 11.9 Å². The number of carbonyl (C=O) groups is 1. The molecule has 4 heteroatoms. The third-order valence-electron chi connectivity index (χ3n) is 4.06. The van der Waals surface area contributed by atoms with E-state index in [2.05, 4.69) is 19.2 Å². The van der Waals surface area contributed by atoms with E-state index >= 15 is 0 Å². The number of hydrogen-bond donors (Lipinski definition) is 1. The molecule has 0 radical (unpaired) electrons. The molecule has 1 aromatic carbocycles. The zero-order chi connectivity index (χ0) is 17.9. The first-order valence-electron chi connectivity index (χ1n) is 9.16. The topological polar surface area (TPSA) is 42.2 Å². The normalized spacial score (nSPS) is 10.5. The average Bonchev–Trinajstić information content (AvgIpc) is 2.62. The Morgan fingerprint density at radius 3 is 2.44 bits per heavy atom. The van der Waals surface area contributed by atoms with E-state index in [9.17, 15) is 4.79 Å². The molecule has 2 rings (SSSR count). The molecular weight excluding hydrogens is 312 g/mol. The number of pyridine rings is 1. The number of aryl methyl sites for hydroxylation is 2. The van der Waals surface area contributed by atoms with Gasteiger partial charge in [-0.3, -0.25) is 4.79 Å². The summed E-state index contributed by atoms with van der Waals surface area (Å²) in [6, 6.07) is 11.7.